The molecule has 136 valence electrons. The normalized spacial score (nSPS) is 18.0. The molecule has 0 bridgehead atoms. The second-order valence-electron chi connectivity index (χ2n) is 7.06. The van der Waals surface area contributed by atoms with Crippen molar-refractivity contribution in [2.24, 2.45) is 0 Å². The molecule has 0 unspecified atom stereocenters. The van der Waals surface area contributed by atoms with E-state index < -0.39 is 5.41 Å². The Labute approximate surface area is 149 Å². The van der Waals surface area contributed by atoms with E-state index in [4.69, 9.17) is 18.6 Å². The molecule has 0 fully saturated rings. The third-order valence-electron chi connectivity index (χ3n) is 5.36. The molecule has 1 atom stereocenters. The molecule has 6 heteroatoms. The van der Waals surface area contributed by atoms with E-state index in [0.717, 1.165) is 5.56 Å². The first-order chi connectivity index (χ1) is 12.3. The van der Waals surface area contributed by atoms with E-state index in [1.165, 1.54) is 20.3 Å². The lowest BCUT2D eigenvalue weighted by Gasteiger charge is -2.22. The first kappa shape index (κ1) is 16.6. The lowest BCUT2D eigenvalue weighted by molar-refractivity contribution is 0.185. The Kier molecular flexibility index (Phi) is 3.38. The molecule has 4 rings (SSSR count). The van der Waals surface area contributed by atoms with Crippen LogP contribution in [0, 0.1) is 0 Å². The van der Waals surface area contributed by atoms with Gasteiger partial charge in [-0.2, -0.15) is 0 Å². The van der Waals surface area contributed by atoms with Crippen LogP contribution < -0.4 is 19.6 Å². The van der Waals surface area contributed by atoms with Crippen LogP contribution in [0.5, 0.6) is 23.0 Å². The van der Waals surface area contributed by atoms with Crippen molar-refractivity contribution in [1.82, 2.24) is 0 Å². The fourth-order valence-electron chi connectivity index (χ4n) is 3.60. The Bertz CT molecular complexity index is 1110. The van der Waals surface area contributed by atoms with Gasteiger partial charge in [-0.25, -0.2) is 0 Å². The zero-order valence-corrected chi connectivity index (χ0v) is 15.3. The molecule has 1 aliphatic rings. The number of fused-ring (bicyclic) bond motifs is 4. The maximum absolute atomic E-state index is 13.1. The number of ether oxygens (including phenoxy) is 3. The van der Waals surface area contributed by atoms with Crippen molar-refractivity contribution in [2.45, 2.75) is 32.3 Å². The minimum absolute atomic E-state index is 0.129. The van der Waals surface area contributed by atoms with Crippen molar-refractivity contribution in [1.29, 1.82) is 0 Å². The third kappa shape index (κ3) is 1.95. The van der Waals surface area contributed by atoms with Gasteiger partial charge < -0.3 is 23.7 Å². The molecule has 1 aromatic heterocycles. The predicted molar refractivity (Wildman–Crippen MR) is 97.9 cm³/mol. The number of rotatable bonds is 2. The highest BCUT2D eigenvalue weighted by molar-refractivity contribution is 5.99. The average molecular weight is 356 g/mol. The molecule has 0 radical (unpaired) electrons. The van der Waals surface area contributed by atoms with Crippen LogP contribution in [0.25, 0.3) is 21.9 Å². The van der Waals surface area contributed by atoms with Gasteiger partial charge in [-0.3, -0.25) is 4.79 Å². The predicted octanol–water partition coefficient (Wildman–Crippen LogP) is 3.73. The average Bonchev–Trinajstić information content (AvgIpc) is 2.82. The maximum atomic E-state index is 13.1. The fourth-order valence-corrected chi connectivity index (χ4v) is 3.60. The summed E-state index contributed by atoms with van der Waals surface area (Å²) < 4.78 is 22.8. The lowest BCUT2D eigenvalue weighted by atomic mass is 9.81. The van der Waals surface area contributed by atoms with Gasteiger partial charge in [0.15, 0.2) is 11.3 Å². The molecule has 6 nitrogen and oxygen atoms in total. The van der Waals surface area contributed by atoms with Crippen molar-refractivity contribution in [3.05, 3.63) is 34.0 Å². The minimum Gasteiger partial charge on any atom is -0.507 e. The highest BCUT2D eigenvalue weighted by atomic mass is 16.5. The number of phenolic OH excluding ortho intramolecular Hbond substituents is 1. The van der Waals surface area contributed by atoms with E-state index in [2.05, 4.69) is 0 Å². The molecule has 0 amide bonds. The van der Waals surface area contributed by atoms with Crippen molar-refractivity contribution < 1.29 is 23.7 Å². The quantitative estimate of drug-likeness (QED) is 0.705. The Balaban J connectivity index is 2.25. The van der Waals surface area contributed by atoms with Crippen LogP contribution in [0.1, 0.15) is 26.3 Å². The van der Waals surface area contributed by atoms with Gasteiger partial charge in [-0.15, -0.1) is 0 Å². The van der Waals surface area contributed by atoms with Crippen molar-refractivity contribution >= 4 is 21.9 Å². The van der Waals surface area contributed by atoms with Crippen molar-refractivity contribution in [3.8, 4) is 23.0 Å². The van der Waals surface area contributed by atoms with E-state index in [0.29, 0.717) is 28.2 Å². The number of hydrogen-bond acceptors (Lipinski definition) is 6. The molecule has 26 heavy (non-hydrogen) atoms. The molecule has 2 aromatic carbocycles. The number of phenols is 1. The lowest BCUT2D eigenvalue weighted by Crippen LogP contribution is -2.29. The smallest absolute Gasteiger partial charge is 0.204 e. The van der Waals surface area contributed by atoms with E-state index >= 15 is 0 Å². The van der Waals surface area contributed by atoms with Crippen LogP contribution in [0.15, 0.2) is 27.4 Å². The number of methoxy groups -OCH3 is 2. The molecule has 0 aliphatic carbocycles. The summed E-state index contributed by atoms with van der Waals surface area (Å²) in [6.07, 6.45) is -0.129. The summed E-state index contributed by atoms with van der Waals surface area (Å²) in [6, 6.07) is 4.74. The molecule has 0 saturated heterocycles. The zero-order valence-electron chi connectivity index (χ0n) is 15.3. The van der Waals surface area contributed by atoms with E-state index in [1.807, 2.05) is 20.8 Å². The van der Waals surface area contributed by atoms with Crippen molar-refractivity contribution in [2.75, 3.05) is 14.2 Å². The van der Waals surface area contributed by atoms with E-state index in [1.54, 1.807) is 12.1 Å². The summed E-state index contributed by atoms with van der Waals surface area (Å²) in [6.45, 7) is 5.99. The molecular weight excluding hydrogens is 336 g/mol. The van der Waals surface area contributed by atoms with Crippen LogP contribution in [-0.4, -0.2) is 25.4 Å². The highest BCUT2D eigenvalue weighted by Crippen LogP contribution is 2.49. The molecule has 0 spiro atoms. The van der Waals surface area contributed by atoms with E-state index in [-0.39, 0.29) is 28.3 Å². The SMILES string of the molecule is COc1ccc2c(=O)c3c(O)cc4c(c3oc2c1OC)C(C)(C)[C@@H](C)O4. The molecule has 2 heterocycles. The van der Waals surface area contributed by atoms with Crippen LogP contribution in [0.2, 0.25) is 0 Å². The largest absolute Gasteiger partial charge is 0.507 e. The summed E-state index contributed by atoms with van der Waals surface area (Å²) in [5, 5.41) is 10.9. The number of hydrogen-bond donors (Lipinski definition) is 1. The Morgan fingerprint density at radius 1 is 1.15 bits per heavy atom. The molecule has 0 saturated carbocycles. The third-order valence-corrected chi connectivity index (χ3v) is 5.36. The van der Waals surface area contributed by atoms with Gasteiger partial charge in [-0.05, 0) is 19.1 Å². The van der Waals surface area contributed by atoms with Gasteiger partial charge in [0.1, 0.15) is 28.6 Å². The zero-order chi connectivity index (χ0) is 18.8. The summed E-state index contributed by atoms with van der Waals surface area (Å²) in [5.74, 6) is 1.17. The topological polar surface area (TPSA) is 78.1 Å². The maximum Gasteiger partial charge on any atom is 0.204 e. The summed E-state index contributed by atoms with van der Waals surface area (Å²) in [5.41, 5.74) is 0.655. The Morgan fingerprint density at radius 2 is 1.88 bits per heavy atom. The second-order valence-corrected chi connectivity index (χ2v) is 7.06. The first-order valence-corrected chi connectivity index (χ1v) is 8.35. The molecule has 1 N–H and O–H groups in total. The molecular formula is C20H20O6. The molecule has 3 aromatic rings. The van der Waals surface area contributed by atoms with Crippen LogP contribution >= 0.6 is 0 Å². The van der Waals surface area contributed by atoms with Crippen molar-refractivity contribution in [3.63, 3.8) is 0 Å². The van der Waals surface area contributed by atoms with Crippen LogP contribution in [0.4, 0.5) is 0 Å². The van der Waals surface area contributed by atoms with Gasteiger partial charge in [0, 0.05) is 17.0 Å². The number of aromatic hydroxyl groups is 1. The monoisotopic (exact) mass is 356 g/mol. The van der Waals surface area contributed by atoms with Gasteiger partial charge in [-0.1, -0.05) is 13.8 Å². The van der Waals surface area contributed by atoms with Gasteiger partial charge in [0.05, 0.1) is 19.6 Å². The minimum atomic E-state index is -0.392. The first-order valence-electron chi connectivity index (χ1n) is 8.35. The fraction of sp³-hybridized carbons (Fsp3) is 0.350. The summed E-state index contributed by atoms with van der Waals surface area (Å²) >= 11 is 0. The van der Waals surface area contributed by atoms with Crippen LogP contribution in [0.3, 0.4) is 0 Å². The number of benzene rings is 2. The second kappa shape index (κ2) is 5.30. The van der Waals surface area contributed by atoms with Crippen LogP contribution in [-0.2, 0) is 5.41 Å². The highest BCUT2D eigenvalue weighted by Gasteiger charge is 2.42. The summed E-state index contributed by atoms with van der Waals surface area (Å²) in [7, 11) is 3.01. The van der Waals surface area contributed by atoms with Gasteiger partial charge in [0.2, 0.25) is 11.2 Å². The molecule has 1 aliphatic heterocycles. The standard InChI is InChI=1S/C20H20O6/c1-9-20(2,3)15-13(25-9)8-11(21)14-16(22)10-6-7-12(23-4)18(24-5)17(10)26-19(14)15/h6-9,21H,1-5H3/t9-/m1/s1. The van der Waals surface area contributed by atoms with Gasteiger partial charge in [0.25, 0.3) is 0 Å². The van der Waals surface area contributed by atoms with E-state index in [9.17, 15) is 9.90 Å². The summed E-state index contributed by atoms with van der Waals surface area (Å²) in [4.78, 5) is 13.1. The Morgan fingerprint density at radius 3 is 2.54 bits per heavy atom. The van der Waals surface area contributed by atoms with Gasteiger partial charge >= 0.3 is 0 Å². The Hall–Kier alpha value is -2.89.